The molecule has 2 aromatic rings. The molecule has 0 radical (unpaired) electrons. The van der Waals surface area contributed by atoms with Gasteiger partial charge >= 0.3 is 0 Å². The van der Waals surface area contributed by atoms with E-state index < -0.39 is 0 Å². The van der Waals surface area contributed by atoms with Crippen LogP contribution in [0.1, 0.15) is 16.0 Å². The number of hydrogen-bond acceptors (Lipinski definition) is 3. The lowest BCUT2D eigenvalue weighted by atomic mass is 9.99. The van der Waals surface area contributed by atoms with Crippen LogP contribution in [0, 0.1) is 6.92 Å². The zero-order valence-electron chi connectivity index (χ0n) is 11.1. The van der Waals surface area contributed by atoms with Crippen LogP contribution in [-0.4, -0.2) is 13.0 Å². The van der Waals surface area contributed by atoms with E-state index in [-0.39, 0.29) is 5.91 Å². The fourth-order valence-corrected chi connectivity index (χ4v) is 3.57. The summed E-state index contributed by atoms with van der Waals surface area (Å²) in [5.74, 6) is 0.160. The Morgan fingerprint density at radius 1 is 1.42 bits per heavy atom. The number of carbonyl (C=O) groups is 1. The molecule has 3 nitrogen and oxygen atoms in total. The maximum absolute atomic E-state index is 11.7. The van der Waals surface area contributed by atoms with Crippen molar-refractivity contribution in [3.63, 3.8) is 0 Å². The third-order valence-corrected chi connectivity index (χ3v) is 4.68. The van der Waals surface area contributed by atoms with Gasteiger partial charge in [0, 0.05) is 24.2 Å². The molecule has 2 heterocycles. The quantitative estimate of drug-likeness (QED) is 0.913. The normalized spacial score (nSPS) is 14.1. The van der Waals surface area contributed by atoms with Gasteiger partial charge in [0.15, 0.2) is 0 Å². The van der Waals surface area contributed by atoms with Crippen LogP contribution in [0.3, 0.4) is 0 Å². The van der Waals surface area contributed by atoms with Crippen molar-refractivity contribution in [1.29, 1.82) is 0 Å². The Bertz CT molecular complexity index is 660. The number of thiophene rings is 1. The second-order valence-electron chi connectivity index (χ2n) is 4.87. The van der Waals surface area contributed by atoms with E-state index in [1.807, 2.05) is 13.1 Å². The molecule has 0 saturated carbocycles. The van der Waals surface area contributed by atoms with E-state index in [2.05, 4.69) is 24.4 Å². The highest BCUT2D eigenvalue weighted by Crippen LogP contribution is 2.36. The number of hydrogen-bond donors (Lipinski definition) is 1. The van der Waals surface area contributed by atoms with E-state index in [9.17, 15) is 4.79 Å². The average Bonchev–Trinajstić information content (AvgIpc) is 2.90. The number of aryl methyl sites for hydroxylation is 1. The van der Waals surface area contributed by atoms with Crippen LogP contribution in [0.15, 0.2) is 23.6 Å². The predicted octanol–water partition coefficient (Wildman–Crippen LogP) is 2.70. The molecular formula is C15H16N2OS. The van der Waals surface area contributed by atoms with Crippen molar-refractivity contribution >= 4 is 22.9 Å². The zero-order chi connectivity index (χ0) is 13.6. The molecule has 3 rings (SSSR count). The molecule has 0 saturated heterocycles. The first-order valence-electron chi connectivity index (χ1n) is 6.28. The molecule has 1 aromatic carbocycles. The van der Waals surface area contributed by atoms with Crippen molar-refractivity contribution in [3.05, 3.63) is 39.6 Å². The molecule has 0 fully saturated rings. The minimum atomic E-state index is 0.160. The van der Waals surface area contributed by atoms with E-state index in [1.165, 1.54) is 21.6 Å². The summed E-state index contributed by atoms with van der Waals surface area (Å²) in [6.07, 6.45) is 0.501. The topological polar surface area (TPSA) is 46.3 Å². The zero-order valence-corrected chi connectivity index (χ0v) is 11.9. The van der Waals surface area contributed by atoms with Gasteiger partial charge in [-0.15, -0.1) is 11.3 Å². The van der Waals surface area contributed by atoms with Crippen molar-refractivity contribution < 1.29 is 4.79 Å². The molecule has 0 aliphatic carbocycles. The number of amides is 1. The standard InChI is InChI=1S/C15H16N2OS/c1-9-15(12(7-16)8-19-9)10-3-4-13-11(5-10)6-14(18)17(13)2/h3-5,8H,6-7,16H2,1-2H3. The van der Waals surface area contributed by atoms with Crippen molar-refractivity contribution in [2.75, 3.05) is 11.9 Å². The summed E-state index contributed by atoms with van der Waals surface area (Å²) in [4.78, 5) is 14.7. The van der Waals surface area contributed by atoms with Crippen LogP contribution in [0.5, 0.6) is 0 Å². The van der Waals surface area contributed by atoms with Gasteiger partial charge in [-0.3, -0.25) is 4.79 Å². The lowest BCUT2D eigenvalue weighted by Gasteiger charge is -2.11. The summed E-state index contributed by atoms with van der Waals surface area (Å²) < 4.78 is 0. The summed E-state index contributed by atoms with van der Waals surface area (Å²) >= 11 is 1.73. The Morgan fingerprint density at radius 2 is 2.21 bits per heavy atom. The molecule has 0 atom stereocenters. The lowest BCUT2D eigenvalue weighted by molar-refractivity contribution is -0.117. The number of fused-ring (bicyclic) bond motifs is 1. The minimum Gasteiger partial charge on any atom is -0.326 e. The number of nitrogens with zero attached hydrogens (tertiary/aromatic N) is 1. The largest absolute Gasteiger partial charge is 0.326 e. The van der Waals surface area contributed by atoms with Crippen molar-refractivity contribution in [2.24, 2.45) is 5.73 Å². The van der Waals surface area contributed by atoms with Gasteiger partial charge in [-0.2, -0.15) is 0 Å². The summed E-state index contributed by atoms with van der Waals surface area (Å²) in [5.41, 5.74) is 11.5. The molecule has 0 unspecified atom stereocenters. The van der Waals surface area contributed by atoms with Crippen molar-refractivity contribution in [2.45, 2.75) is 19.9 Å². The van der Waals surface area contributed by atoms with E-state index >= 15 is 0 Å². The predicted molar refractivity (Wildman–Crippen MR) is 79.5 cm³/mol. The first-order valence-corrected chi connectivity index (χ1v) is 7.16. The smallest absolute Gasteiger partial charge is 0.231 e. The lowest BCUT2D eigenvalue weighted by Crippen LogP contribution is -2.20. The number of anilines is 1. The number of carbonyl (C=O) groups excluding carboxylic acids is 1. The molecule has 1 amide bonds. The Labute approximate surface area is 116 Å². The van der Waals surface area contributed by atoms with Gasteiger partial charge in [0.05, 0.1) is 6.42 Å². The number of likely N-dealkylation sites (N-methyl/N-ethyl adjacent to an activating group) is 1. The highest BCUT2D eigenvalue weighted by Gasteiger charge is 2.24. The number of rotatable bonds is 2. The SMILES string of the molecule is Cc1scc(CN)c1-c1ccc2c(c1)CC(=O)N2C. The minimum absolute atomic E-state index is 0.160. The molecule has 4 heteroatoms. The van der Waals surface area contributed by atoms with Crippen LogP contribution >= 0.6 is 11.3 Å². The second kappa shape index (κ2) is 4.47. The van der Waals surface area contributed by atoms with Gasteiger partial charge in [0.1, 0.15) is 0 Å². The first-order chi connectivity index (χ1) is 9.11. The Morgan fingerprint density at radius 3 is 2.95 bits per heavy atom. The van der Waals surface area contributed by atoms with E-state index in [4.69, 9.17) is 5.73 Å². The summed E-state index contributed by atoms with van der Waals surface area (Å²) in [5, 5.41) is 2.12. The molecule has 0 bridgehead atoms. The highest BCUT2D eigenvalue weighted by atomic mass is 32.1. The van der Waals surface area contributed by atoms with Gasteiger partial charge in [0.2, 0.25) is 5.91 Å². The monoisotopic (exact) mass is 272 g/mol. The van der Waals surface area contributed by atoms with Crippen molar-refractivity contribution in [3.8, 4) is 11.1 Å². The molecule has 2 N–H and O–H groups in total. The highest BCUT2D eigenvalue weighted by molar-refractivity contribution is 7.10. The van der Waals surface area contributed by atoms with Crippen molar-refractivity contribution in [1.82, 2.24) is 0 Å². The summed E-state index contributed by atoms with van der Waals surface area (Å²) in [6.45, 7) is 2.67. The fourth-order valence-electron chi connectivity index (χ4n) is 2.67. The summed E-state index contributed by atoms with van der Waals surface area (Å²) in [6, 6.07) is 6.25. The second-order valence-corrected chi connectivity index (χ2v) is 5.95. The van der Waals surface area contributed by atoms with Gasteiger partial charge in [-0.1, -0.05) is 6.07 Å². The van der Waals surface area contributed by atoms with Crippen LogP contribution in [0.25, 0.3) is 11.1 Å². The van der Waals surface area contributed by atoms with Gasteiger partial charge in [-0.05, 0) is 46.7 Å². The Balaban J connectivity index is 2.11. The fraction of sp³-hybridized carbons (Fsp3) is 0.267. The first kappa shape index (κ1) is 12.4. The number of nitrogens with two attached hydrogens (primary N) is 1. The van der Waals surface area contributed by atoms with Crippen LogP contribution in [0.4, 0.5) is 5.69 Å². The molecule has 1 aliphatic rings. The maximum atomic E-state index is 11.7. The third-order valence-electron chi connectivity index (χ3n) is 3.72. The Kier molecular flexibility index (Phi) is 2.92. The van der Waals surface area contributed by atoms with Crippen LogP contribution in [0.2, 0.25) is 0 Å². The molecule has 1 aromatic heterocycles. The molecular weight excluding hydrogens is 256 g/mol. The number of benzene rings is 1. The average molecular weight is 272 g/mol. The molecule has 19 heavy (non-hydrogen) atoms. The van der Waals surface area contributed by atoms with E-state index in [0.29, 0.717) is 13.0 Å². The molecule has 0 spiro atoms. The van der Waals surface area contributed by atoms with E-state index in [0.717, 1.165) is 11.3 Å². The summed E-state index contributed by atoms with van der Waals surface area (Å²) in [7, 11) is 1.83. The third kappa shape index (κ3) is 1.88. The van der Waals surface area contributed by atoms with Gasteiger partial charge < -0.3 is 10.6 Å². The maximum Gasteiger partial charge on any atom is 0.231 e. The van der Waals surface area contributed by atoms with E-state index in [1.54, 1.807) is 16.2 Å². The van der Waals surface area contributed by atoms with Crippen LogP contribution < -0.4 is 10.6 Å². The Hall–Kier alpha value is -1.65. The van der Waals surface area contributed by atoms with Gasteiger partial charge in [0.25, 0.3) is 0 Å². The van der Waals surface area contributed by atoms with Gasteiger partial charge in [-0.25, -0.2) is 0 Å². The van der Waals surface area contributed by atoms with Crippen LogP contribution in [-0.2, 0) is 17.8 Å². The molecule has 98 valence electrons. The molecule has 1 aliphatic heterocycles.